The molecule has 2 rings (SSSR count). The molecule has 0 radical (unpaired) electrons. The van der Waals surface area contributed by atoms with Crippen LogP contribution in [0.1, 0.15) is 16.8 Å². The van der Waals surface area contributed by atoms with Crippen LogP contribution in [0.15, 0.2) is 16.6 Å². The summed E-state index contributed by atoms with van der Waals surface area (Å²) in [4.78, 5) is 0. The van der Waals surface area contributed by atoms with Crippen LogP contribution in [0.2, 0.25) is 0 Å². The van der Waals surface area contributed by atoms with E-state index >= 15 is 0 Å². The van der Waals surface area contributed by atoms with Gasteiger partial charge in [0.15, 0.2) is 0 Å². The zero-order valence-corrected chi connectivity index (χ0v) is 12.5. The summed E-state index contributed by atoms with van der Waals surface area (Å²) in [6, 6.07) is 4.50. The molecule has 1 N–H and O–H groups in total. The highest BCUT2D eigenvalue weighted by atomic mass is 79.9. The van der Waals surface area contributed by atoms with Gasteiger partial charge in [-0.3, -0.25) is 0 Å². The number of hydrogen-bond acceptors (Lipinski definition) is 1. The summed E-state index contributed by atoms with van der Waals surface area (Å²) < 4.78 is 3.55. The maximum atomic E-state index is 3.76. The fourth-order valence-corrected chi connectivity index (χ4v) is 3.43. The Morgan fingerprint density at radius 3 is 2.65 bits per heavy atom. The van der Waals surface area contributed by atoms with Crippen LogP contribution in [-0.2, 0) is 13.5 Å². The van der Waals surface area contributed by atoms with Gasteiger partial charge in [-0.25, -0.2) is 0 Å². The minimum absolute atomic E-state index is 1.00. The Morgan fingerprint density at radius 1 is 1.29 bits per heavy atom. The first-order chi connectivity index (χ1) is 8.06. The zero-order valence-electron chi connectivity index (χ0n) is 10.9. The quantitative estimate of drug-likeness (QED) is 0.919. The lowest BCUT2D eigenvalue weighted by molar-refractivity contribution is 0.743. The minimum Gasteiger partial charge on any atom is -0.346 e. The average Bonchev–Trinajstić information content (AvgIpc) is 2.49. The second kappa shape index (κ2) is 4.83. The van der Waals surface area contributed by atoms with Gasteiger partial charge >= 0.3 is 0 Å². The maximum Gasteiger partial charge on any atom is 0.0497 e. The van der Waals surface area contributed by atoms with Crippen LogP contribution in [0.3, 0.4) is 0 Å². The van der Waals surface area contributed by atoms with Crippen LogP contribution in [-0.4, -0.2) is 18.2 Å². The first kappa shape index (κ1) is 12.7. The number of fused-ring (bicyclic) bond motifs is 1. The van der Waals surface area contributed by atoms with Gasteiger partial charge in [-0.15, -0.1) is 0 Å². The lowest BCUT2D eigenvalue weighted by Crippen LogP contribution is -2.12. The SMILES string of the molecule is CNCCc1c(Br)c2c(C)cc(C)cc2n1C. The molecule has 0 bridgehead atoms. The molecule has 0 aliphatic heterocycles. The van der Waals surface area contributed by atoms with Crippen molar-refractivity contribution in [3.63, 3.8) is 0 Å². The summed E-state index contributed by atoms with van der Waals surface area (Å²) in [6.07, 6.45) is 1.04. The number of rotatable bonds is 3. The lowest BCUT2D eigenvalue weighted by Gasteiger charge is -2.04. The van der Waals surface area contributed by atoms with E-state index in [1.54, 1.807) is 0 Å². The Balaban J connectivity index is 2.67. The van der Waals surface area contributed by atoms with E-state index in [1.807, 2.05) is 7.05 Å². The molecule has 1 aromatic heterocycles. The van der Waals surface area contributed by atoms with Crippen LogP contribution in [0.4, 0.5) is 0 Å². The normalized spacial score (nSPS) is 11.4. The van der Waals surface area contributed by atoms with E-state index in [9.17, 15) is 0 Å². The summed E-state index contributed by atoms with van der Waals surface area (Å²) in [6.45, 7) is 5.34. The van der Waals surface area contributed by atoms with Gasteiger partial charge in [0.1, 0.15) is 0 Å². The molecule has 17 heavy (non-hydrogen) atoms. The van der Waals surface area contributed by atoms with Gasteiger partial charge in [0.2, 0.25) is 0 Å². The molecule has 0 amide bonds. The summed E-state index contributed by atoms with van der Waals surface area (Å²) in [5.74, 6) is 0. The molecule has 2 nitrogen and oxygen atoms in total. The third-order valence-electron chi connectivity index (χ3n) is 3.31. The summed E-state index contributed by atoms with van der Waals surface area (Å²) >= 11 is 3.76. The van der Waals surface area contributed by atoms with E-state index in [-0.39, 0.29) is 0 Å². The third-order valence-corrected chi connectivity index (χ3v) is 4.16. The van der Waals surface area contributed by atoms with E-state index in [0.29, 0.717) is 0 Å². The predicted octanol–water partition coefficient (Wildman–Crippen LogP) is 3.32. The number of nitrogens with zero attached hydrogens (tertiary/aromatic N) is 1. The number of nitrogens with one attached hydrogen (secondary N) is 1. The molecule has 0 saturated heterocycles. The van der Waals surface area contributed by atoms with Crippen molar-refractivity contribution >= 4 is 26.8 Å². The number of likely N-dealkylation sites (N-methyl/N-ethyl adjacent to an activating group) is 1. The van der Waals surface area contributed by atoms with Gasteiger partial charge in [-0.05, 0) is 54.0 Å². The van der Waals surface area contributed by atoms with Crippen molar-refractivity contribution in [2.75, 3.05) is 13.6 Å². The topological polar surface area (TPSA) is 17.0 Å². The molecule has 1 heterocycles. The second-order valence-corrected chi connectivity index (χ2v) is 5.44. The molecule has 0 aliphatic rings. The molecule has 0 spiro atoms. The number of aromatic nitrogens is 1. The minimum atomic E-state index is 1.00. The molecule has 2 aromatic rings. The summed E-state index contributed by atoms with van der Waals surface area (Å²) in [5, 5.41) is 4.56. The van der Waals surface area contributed by atoms with E-state index < -0.39 is 0 Å². The molecule has 0 unspecified atom stereocenters. The van der Waals surface area contributed by atoms with Gasteiger partial charge in [0, 0.05) is 41.1 Å². The van der Waals surface area contributed by atoms with Gasteiger partial charge < -0.3 is 9.88 Å². The van der Waals surface area contributed by atoms with Crippen molar-refractivity contribution < 1.29 is 0 Å². The first-order valence-electron chi connectivity index (χ1n) is 5.95. The Hall–Kier alpha value is -0.800. The van der Waals surface area contributed by atoms with E-state index in [0.717, 1.165) is 13.0 Å². The monoisotopic (exact) mass is 294 g/mol. The highest BCUT2D eigenvalue weighted by Crippen LogP contribution is 2.33. The molecular formula is C14H19BrN2. The molecule has 92 valence electrons. The molecule has 0 atom stereocenters. The van der Waals surface area contributed by atoms with Crippen molar-refractivity contribution in [3.05, 3.63) is 33.4 Å². The molecule has 0 aliphatic carbocycles. The molecule has 0 fully saturated rings. The van der Waals surface area contributed by atoms with Crippen molar-refractivity contribution in [1.82, 2.24) is 9.88 Å². The Labute approximate surface area is 111 Å². The smallest absolute Gasteiger partial charge is 0.0497 e. The van der Waals surface area contributed by atoms with Gasteiger partial charge in [0.05, 0.1) is 0 Å². The molecule has 1 aromatic carbocycles. The zero-order chi connectivity index (χ0) is 12.6. The lowest BCUT2D eigenvalue weighted by atomic mass is 10.1. The van der Waals surface area contributed by atoms with Gasteiger partial charge in [0.25, 0.3) is 0 Å². The fraction of sp³-hybridized carbons (Fsp3) is 0.429. The van der Waals surface area contributed by atoms with Crippen molar-refractivity contribution in [2.45, 2.75) is 20.3 Å². The van der Waals surface area contributed by atoms with Crippen molar-refractivity contribution in [2.24, 2.45) is 7.05 Å². The molecule has 0 saturated carbocycles. The van der Waals surface area contributed by atoms with Crippen molar-refractivity contribution in [1.29, 1.82) is 0 Å². The molecular weight excluding hydrogens is 276 g/mol. The van der Waals surface area contributed by atoms with E-state index in [2.05, 4.69) is 58.8 Å². The second-order valence-electron chi connectivity index (χ2n) is 4.65. The number of halogens is 1. The fourth-order valence-electron chi connectivity index (χ4n) is 2.45. The Bertz CT molecular complexity index is 555. The van der Waals surface area contributed by atoms with Gasteiger partial charge in [-0.2, -0.15) is 0 Å². The maximum absolute atomic E-state index is 3.76. The average molecular weight is 295 g/mol. The van der Waals surface area contributed by atoms with Crippen LogP contribution in [0.5, 0.6) is 0 Å². The number of aryl methyl sites for hydroxylation is 3. The highest BCUT2D eigenvalue weighted by Gasteiger charge is 2.14. The van der Waals surface area contributed by atoms with Crippen LogP contribution in [0, 0.1) is 13.8 Å². The number of benzene rings is 1. The van der Waals surface area contributed by atoms with Gasteiger partial charge in [-0.1, -0.05) is 6.07 Å². The predicted molar refractivity (Wildman–Crippen MR) is 77.7 cm³/mol. The van der Waals surface area contributed by atoms with E-state index in [4.69, 9.17) is 0 Å². The number of hydrogen-bond donors (Lipinski definition) is 1. The largest absolute Gasteiger partial charge is 0.346 e. The molecule has 3 heteroatoms. The van der Waals surface area contributed by atoms with E-state index in [1.165, 1.54) is 32.2 Å². The van der Waals surface area contributed by atoms with Crippen molar-refractivity contribution in [3.8, 4) is 0 Å². The Kier molecular flexibility index (Phi) is 3.59. The Morgan fingerprint density at radius 2 is 2.00 bits per heavy atom. The first-order valence-corrected chi connectivity index (χ1v) is 6.74. The van der Waals surface area contributed by atoms with Crippen LogP contribution in [0.25, 0.3) is 10.9 Å². The summed E-state index contributed by atoms with van der Waals surface area (Å²) in [7, 11) is 4.14. The highest BCUT2D eigenvalue weighted by molar-refractivity contribution is 9.10. The standard InChI is InChI=1S/C14H19BrN2/c1-9-7-10(2)13-12(8-9)17(4)11(14(13)15)5-6-16-3/h7-8,16H,5-6H2,1-4H3. The third kappa shape index (κ3) is 2.14. The van der Waals surface area contributed by atoms with Crippen LogP contribution < -0.4 is 5.32 Å². The van der Waals surface area contributed by atoms with Crippen LogP contribution >= 0.6 is 15.9 Å². The summed E-state index contributed by atoms with van der Waals surface area (Å²) in [5.41, 5.74) is 5.35.